The van der Waals surface area contributed by atoms with Crippen molar-refractivity contribution in [3.63, 3.8) is 0 Å². The Kier molecular flexibility index (Phi) is 64.9. The van der Waals surface area contributed by atoms with Crippen molar-refractivity contribution >= 4 is 31.7 Å². The predicted octanol–water partition coefficient (Wildman–Crippen LogP) is 17.6. The fourth-order valence-corrected chi connectivity index (χ4v) is 16.6. The summed E-state index contributed by atoms with van der Waals surface area (Å²) in [4.78, 5) is 66.5. The summed E-state index contributed by atoms with van der Waals surface area (Å²) in [6.45, 7) is 7.91. The van der Waals surface area contributed by atoms with Crippen LogP contribution in [0.25, 0.3) is 0 Å². The summed E-state index contributed by atoms with van der Waals surface area (Å²) < 4.78 is 73.5. The number of hydrogen-bond donors (Lipinski definition) is 10. The third-order valence-electron chi connectivity index (χ3n) is 23.3. The summed E-state index contributed by atoms with van der Waals surface area (Å²) in [5, 5.41) is 102. The first-order valence-electron chi connectivity index (χ1n) is 47.5. The number of aliphatic hydroxyl groups is 9. The average molecular weight is 1710 g/mol. The minimum atomic E-state index is -5.81. The molecule has 2 aliphatic heterocycles. The lowest BCUT2D eigenvalue weighted by atomic mass is 9.84. The van der Waals surface area contributed by atoms with E-state index in [1.165, 1.54) is 148 Å². The first kappa shape index (κ1) is 109. The number of allylic oxidation sites excluding steroid dienone is 4. The Labute approximate surface area is 711 Å². The highest BCUT2D eigenvalue weighted by Gasteiger charge is 2.60. The Morgan fingerprint density at radius 1 is 0.356 bits per heavy atom. The van der Waals surface area contributed by atoms with Crippen LogP contribution in [0.1, 0.15) is 401 Å². The molecule has 2 saturated heterocycles. The second-order valence-electron chi connectivity index (χ2n) is 34.1. The molecule has 25 nitrogen and oxygen atoms in total. The van der Waals surface area contributed by atoms with Crippen molar-refractivity contribution < 1.29 is 122 Å². The standard InChI is InChI=1S/C92H169O25P/c1-6-10-14-18-22-25-28-31-33-36-38-41-44-51-58-64-76(95)109-70-74-80(99)82(101)86(105)92(113-74)116-89-87(114-78(97)66-60-54-46-43-40-37-34-32-29-26-23-19-15-11-7-2)83(102)84(103)88(115-91-85(104)81(100)79(98)73(67-93)112-91)90(89)117-118(106,107)110-69-72(111-77(96)65-59-53-45-42-39-35-30-27-24-20-16-12-8-3)68-108-75(94)63-57-52-48-47-50-56-62-71(5)61-55-49-21-17-13-9-4/h25-26,28-29,71-74,79-93,98-105H,6-24,27,30-70H2,1-5H3,(H,106,107)/b28-25-,29-26-. The van der Waals surface area contributed by atoms with Gasteiger partial charge in [-0.1, -0.05) is 322 Å². The van der Waals surface area contributed by atoms with Crippen molar-refractivity contribution in [1.82, 2.24) is 0 Å². The molecular weight excluding hydrogens is 1540 g/mol. The van der Waals surface area contributed by atoms with Crippen LogP contribution in [-0.2, 0) is 70.7 Å². The zero-order valence-corrected chi connectivity index (χ0v) is 74.8. The number of carbonyl (C=O) groups is 4. The molecule has 0 amide bonds. The number of carbonyl (C=O) groups excluding carboxylic acids is 4. The predicted molar refractivity (Wildman–Crippen MR) is 458 cm³/mol. The van der Waals surface area contributed by atoms with E-state index < -0.39 is 162 Å². The average Bonchev–Trinajstić information content (AvgIpc) is 0.754. The fourth-order valence-electron chi connectivity index (χ4n) is 15.7. The van der Waals surface area contributed by atoms with Crippen LogP contribution in [0.5, 0.6) is 0 Å². The van der Waals surface area contributed by atoms with Crippen LogP contribution in [0.15, 0.2) is 24.3 Å². The Hall–Kier alpha value is -3.05. The van der Waals surface area contributed by atoms with Gasteiger partial charge in [-0.25, -0.2) is 4.57 Å². The largest absolute Gasteiger partial charge is 0.472 e. The van der Waals surface area contributed by atoms with E-state index in [0.717, 1.165) is 161 Å². The first-order valence-corrected chi connectivity index (χ1v) is 49.0. The van der Waals surface area contributed by atoms with Crippen LogP contribution >= 0.6 is 7.82 Å². The molecule has 0 radical (unpaired) electrons. The molecule has 0 aromatic rings. The van der Waals surface area contributed by atoms with Gasteiger partial charge < -0.3 is 88.7 Å². The molecule has 3 fully saturated rings. The van der Waals surface area contributed by atoms with Crippen molar-refractivity contribution in [3.8, 4) is 0 Å². The Morgan fingerprint density at radius 2 is 0.686 bits per heavy atom. The molecule has 3 rings (SSSR count). The van der Waals surface area contributed by atoms with Gasteiger partial charge in [0.2, 0.25) is 0 Å². The molecule has 19 unspecified atom stereocenters. The van der Waals surface area contributed by atoms with Crippen molar-refractivity contribution in [1.29, 1.82) is 0 Å². The van der Waals surface area contributed by atoms with E-state index in [2.05, 4.69) is 58.9 Å². The van der Waals surface area contributed by atoms with Crippen LogP contribution in [0.3, 0.4) is 0 Å². The maximum Gasteiger partial charge on any atom is 0.472 e. The number of aliphatic hydroxyl groups excluding tert-OH is 9. The molecule has 0 aromatic carbocycles. The lowest BCUT2D eigenvalue weighted by Crippen LogP contribution is -2.70. The van der Waals surface area contributed by atoms with Gasteiger partial charge in [-0.2, -0.15) is 0 Å². The highest BCUT2D eigenvalue weighted by molar-refractivity contribution is 7.47. The van der Waals surface area contributed by atoms with Crippen molar-refractivity contribution in [3.05, 3.63) is 24.3 Å². The van der Waals surface area contributed by atoms with Crippen LogP contribution in [-0.4, -0.2) is 205 Å². The molecule has 1 aliphatic carbocycles. The molecule has 692 valence electrons. The Balaban J connectivity index is 1.92. The van der Waals surface area contributed by atoms with E-state index in [4.69, 9.17) is 46.9 Å². The molecule has 0 spiro atoms. The third kappa shape index (κ3) is 50.2. The normalized spacial score (nSPS) is 25.3. The third-order valence-corrected chi connectivity index (χ3v) is 24.3. The molecule has 19 atom stereocenters. The minimum Gasteiger partial charge on any atom is -0.463 e. The number of hydrogen-bond acceptors (Lipinski definition) is 24. The molecule has 3 aliphatic rings. The van der Waals surface area contributed by atoms with E-state index in [0.29, 0.717) is 38.0 Å². The van der Waals surface area contributed by atoms with Gasteiger partial charge in [0.25, 0.3) is 0 Å². The highest BCUT2D eigenvalue weighted by Crippen LogP contribution is 2.49. The second kappa shape index (κ2) is 70.2. The van der Waals surface area contributed by atoms with E-state index in [1.807, 2.05) is 0 Å². The van der Waals surface area contributed by atoms with Crippen LogP contribution in [0.4, 0.5) is 0 Å². The van der Waals surface area contributed by atoms with Gasteiger partial charge >= 0.3 is 31.7 Å². The first-order chi connectivity index (χ1) is 57.1. The summed E-state index contributed by atoms with van der Waals surface area (Å²) in [6.07, 6.45) is 28.8. The number of phosphoric ester groups is 1. The summed E-state index contributed by atoms with van der Waals surface area (Å²) in [5.74, 6) is -2.28. The second-order valence-corrected chi connectivity index (χ2v) is 35.6. The maximum atomic E-state index is 14.9. The maximum absolute atomic E-state index is 14.9. The van der Waals surface area contributed by atoms with Crippen molar-refractivity contribution in [2.75, 3.05) is 26.4 Å². The summed E-state index contributed by atoms with van der Waals surface area (Å²) >= 11 is 0. The minimum absolute atomic E-state index is 0.00880. The van der Waals surface area contributed by atoms with Gasteiger partial charge in [0, 0.05) is 25.7 Å². The SMILES string of the molecule is CCCCCC/C=C\CCCCCCCCCC(=O)OCC1OC(OC2C(OC(=O)CCCCCCCCC/C=C\CCCCCC)C(O)C(O)C(OC3OC(CO)C(O)C(O)C3O)C2OP(=O)(O)OCC(COC(=O)CCCCCCCCC(C)CCCCCCCC)OC(=O)CCCCCCCCCCCCCCC)C(O)C(O)C1O. The van der Waals surface area contributed by atoms with Gasteiger partial charge in [0.05, 0.1) is 13.2 Å². The van der Waals surface area contributed by atoms with Gasteiger partial charge in [0.15, 0.2) is 24.8 Å². The lowest BCUT2D eigenvalue weighted by Gasteiger charge is -2.50. The van der Waals surface area contributed by atoms with E-state index in [1.54, 1.807) is 0 Å². The quantitative estimate of drug-likeness (QED) is 0.00889. The molecule has 10 N–H and O–H groups in total. The molecular formula is C92H169O25P. The van der Waals surface area contributed by atoms with Crippen LogP contribution < -0.4 is 0 Å². The van der Waals surface area contributed by atoms with Gasteiger partial charge in [0.1, 0.15) is 92.6 Å². The van der Waals surface area contributed by atoms with Gasteiger partial charge in [-0.15, -0.1) is 0 Å². The molecule has 0 aromatic heterocycles. The smallest absolute Gasteiger partial charge is 0.463 e. The monoisotopic (exact) mass is 1710 g/mol. The number of esters is 4. The fraction of sp³-hybridized carbons (Fsp3) is 0.913. The van der Waals surface area contributed by atoms with Gasteiger partial charge in [-0.3, -0.25) is 28.2 Å². The Morgan fingerprint density at radius 3 is 1.10 bits per heavy atom. The number of ether oxygens (including phenoxy) is 8. The summed E-state index contributed by atoms with van der Waals surface area (Å²) in [6, 6.07) is 0. The van der Waals surface area contributed by atoms with Crippen LogP contribution in [0.2, 0.25) is 0 Å². The molecule has 118 heavy (non-hydrogen) atoms. The van der Waals surface area contributed by atoms with Crippen LogP contribution in [0, 0.1) is 5.92 Å². The van der Waals surface area contributed by atoms with E-state index in [-0.39, 0.29) is 25.7 Å². The molecule has 26 heteroatoms. The topological polar surface area (TPSA) is 380 Å². The number of phosphoric acid groups is 1. The zero-order chi connectivity index (χ0) is 86.2. The number of rotatable bonds is 76. The zero-order valence-electron chi connectivity index (χ0n) is 73.9. The number of unbranched alkanes of at least 4 members (excludes halogenated alkanes) is 44. The van der Waals surface area contributed by atoms with Crippen molar-refractivity contribution in [2.24, 2.45) is 5.92 Å². The van der Waals surface area contributed by atoms with Crippen molar-refractivity contribution in [2.45, 2.75) is 505 Å². The van der Waals surface area contributed by atoms with E-state index >= 15 is 0 Å². The molecule has 0 bridgehead atoms. The van der Waals surface area contributed by atoms with E-state index in [9.17, 15) is 74.6 Å². The molecule has 2 heterocycles. The summed E-state index contributed by atoms with van der Waals surface area (Å²) in [5.41, 5.74) is 0. The highest BCUT2D eigenvalue weighted by atomic mass is 31.2. The Bertz CT molecular complexity index is 2570. The summed E-state index contributed by atoms with van der Waals surface area (Å²) in [7, 11) is -5.81. The van der Waals surface area contributed by atoms with Gasteiger partial charge in [-0.05, 0) is 83.0 Å². The molecule has 1 saturated carbocycles. The lowest BCUT2D eigenvalue weighted by molar-refractivity contribution is -0.360.